The van der Waals surface area contributed by atoms with Crippen molar-refractivity contribution in [1.29, 1.82) is 0 Å². The maximum Gasteiger partial charge on any atom is 0.309 e. The smallest absolute Gasteiger partial charge is 0.309 e. The summed E-state index contributed by atoms with van der Waals surface area (Å²) >= 11 is 0. The Morgan fingerprint density at radius 2 is 1.54 bits per heavy atom. The number of carboxylic acid groups (broad SMARTS) is 1. The van der Waals surface area contributed by atoms with Gasteiger partial charge in [0.05, 0.1) is 11.8 Å². The van der Waals surface area contributed by atoms with Crippen molar-refractivity contribution in [3.8, 4) is 0 Å². The van der Waals surface area contributed by atoms with Gasteiger partial charge in [-0.3, -0.25) is 14.4 Å². The first-order chi connectivity index (χ1) is 26.7. The van der Waals surface area contributed by atoms with Gasteiger partial charge in [-0.2, -0.15) is 0 Å². The fraction of sp³-hybridized carbons (Fsp3) is 0.776. The lowest BCUT2D eigenvalue weighted by atomic mass is 9.32. The van der Waals surface area contributed by atoms with Crippen LogP contribution in [0.5, 0.6) is 0 Å². The van der Waals surface area contributed by atoms with Crippen molar-refractivity contribution < 1.29 is 24.2 Å². The summed E-state index contributed by atoms with van der Waals surface area (Å²) in [7, 11) is 2.19. The monoisotopic (exact) mass is 786 g/mol. The van der Waals surface area contributed by atoms with E-state index in [0.717, 1.165) is 70.3 Å². The van der Waals surface area contributed by atoms with Gasteiger partial charge in [0.15, 0.2) is 0 Å². The molecule has 0 aromatic heterocycles. The Kier molecular flexibility index (Phi) is 11.1. The second kappa shape index (κ2) is 15.0. The third-order valence-electron chi connectivity index (χ3n) is 18.4. The lowest BCUT2D eigenvalue weighted by molar-refractivity contribution is -0.250. The predicted octanol–water partition coefficient (Wildman–Crippen LogP) is 9.52. The van der Waals surface area contributed by atoms with Crippen LogP contribution in [0.15, 0.2) is 36.4 Å². The maximum absolute atomic E-state index is 14.0. The molecule has 7 rings (SSSR count). The molecule has 6 aliphatic rings. The van der Waals surface area contributed by atoms with Gasteiger partial charge in [-0.05, 0) is 161 Å². The standard InChI is InChI=1S/C49H75N3O5/c1-32(2)35-17-22-49(29-40(53)50-31-33-11-13-34(14-12-33)52-27-25-51(10)26-28-52)24-23-47(8)36(42(35)49)15-16-38-46(7)20-19-39(57-41(54)30-44(3,4)43(55)56)45(5,6)37(46)18-21-48(38,47)9/h11-14,35-39,42H,1,15-31H2,2-10H3,(H,50,53)(H,55,56)/t35-,36+,37-,38+,39-,42+,46-,47+,48+,49+/m0/s1. The van der Waals surface area contributed by atoms with Gasteiger partial charge in [0.25, 0.3) is 0 Å². The van der Waals surface area contributed by atoms with Crippen LogP contribution in [0.3, 0.4) is 0 Å². The number of amides is 1. The molecule has 5 saturated carbocycles. The highest BCUT2D eigenvalue weighted by Gasteiger charge is 2.71. The minimum atomic E-state index is -1.15. The second-order valence-corrected chi connectivity index (χ2v) is 22.2. The lowest BCUT2D eigenvalue weighted by Crippen LogP contribution is -2.67. The van der Waals surface area contributed by atoms with Gasteiger partial charge < -0.3 is 25.0 Å². The van der Waals surface area contributed by atoms with E-state index in [1.165, 1.54) is 36.9 Å². The quantitative estimate of drug-likeness (QED) is 0.180. The van der Waals surface area contributed by atoms with Crippen molar-refractivity contribution in [2.45, 2.75) is 145 Å². The molecule has 1 aromatic rings. The Morgan fingerprint density at radius 3 is 2.19 bits per heavy atom. The number of esters is 1. The molecule has 0 spiro atoms. The van der Waals surface area contributed by atoms with Crippen LogP contribution in [0, 0.1) is 62.1 Å². The number of hydrogen-bond acceptors (Lipinski definition) is 6. The molecule has 1 saturated heterocycles. The van der Waals surface area contributed by atoms with Crippen LogP contribution >= 0.6 is 0 Å². The predicted molar refractivity (Wildman–Crippen MR) is 227 cm³/mol. The van der Waals surface area contributed by atoms with Crippen LogP contribution in [-0.4, -0.2) is 67.2 Å². The minimum absolute atomic E-state index is 0.0204. The average Bonchev–Trinajstić information content (AvgIpc) is 3.52. The first kappa shape index (κ1) is 42.3. The number of benzene rings is 1. The average molecular weight is 786 g/mol. The Balaban J connectivity index is 1.05. The minimum Gasteiger partial charge on any atom is -0.481 e. The first-order valence-corrected chi connectivity index (χ1v) is 22.5. The molecule has 2 N–H and O–H groups in total. The summed E-state index contributed by atoms with van der Waals surface area (Å²) in [4.78, 5) is 43.8. The molecule has 5 aliphatic carbocycles. The number of likely N-dealkylation sites (N-methyl/N-ethyl adjacent to an activating group) is 1. The highest BCUT2D eigenvalue weighted by Crippen LogP contribution is 2.78. The third-order valence-corrected chi connectivity index (χ3v) is 18.4. The Hall–Kier alpha value is -2.87. The number of carbonyl (C=O) groups excluding carboxylic acids is 2. The molecule has 0 bridgehead atoms. The number of carboxylic acids is 1. The van der Waals surface area contributed by atoms with Crippen LogP contribution in [0.1, 0.15) is 138 Å². The van der Waals surface area contributed by atoms with Crippen molar-refractivity contribution in [1.82, 2.24) is 10.2 Å². The first-order valence-electron chi connectivity index (χ1n) is 22.5. The van der Waals surface area contributed by atoms with E-state index in [0.29, 0.717) is 42.6 Å². The molecule has 316 valence electrons. The van der Waals surface area contributed by atoms with Crippen molar-refractivity contribution in [2.75, 3.05) is 38.1 Å². The van der Waals surface area contributed by atoms with Crippen LogP contribution in [0.25, 0.3) is 0 Å². The normalized spacial score (nSPS) is 38.9. The van der Waals surface area contributed by atoms with E-state index in [4.69, 9.17) is 4.74 Å². The molecule has 57 heavy (non-hydrogen) atoms. The van der Waals surface area contributed by atoms with E-state index in [-0.39, 0.29) is 45.5 Å². The van der Waals surface area contributed by atoms with Gasteiger partial charge >= 0.3 is 11.9 Å². The Bertz CT molecular complexity index is 1710. The lowest BCUT2D eigenvalue weighted by Gasteiger charge is -2.73. The zero-order valence-corrected chi connectivity index (χ0v) is 37.0. The number of hydrogen-bond donors (Lipinski definition) is 2. The van der Waals surface area contributed by atoms with Crippen LogP contribution in [-0.2, 0) is 25.7 Å². The highest BCUT2D eigenvalue weighted by atomic mass is 16.5. The molecular weight excluding hydrogens is 711 g/mol. The van der Waals surface area contributed by atoms with Gasteiger partial charge in [0, 0.05) is 50.2 Å². The van der Waals surface area contributed by atoms with Gasteiger partial charge in [-0.25, -0.2) is 0 Å². The number of nitrogens with one attached hydrogen (secondary N) is 1. The summed E-state index contributed by atoms with van der Waals surface area (Å²) in [5.74, 6) is 1.35. The Labute approximate surface area is 344 Å². The summed E-state index contributed by atoms with van der Waals surface area (Å²) in [5, 5.41) is 13.0. The molecule has 1 amide bonds. The topological polar surface area (TPSA) is 99.2 Å². The number of anilines is 1. The molecule has 10 atom stereocenters. The number of piperazine rings is 1. The largest absolute Gasteiger partial charge is 0.481 e. The zero-order valence-electron chi connectivity index (χ0n) is 37.0. The van der Waals surface area contributed by atoms with Crippen molar-refractivity contribution in [3.63, 3.8) is 0 Å². The molecule has 8 heteroatoms. The van der Waals surface area contributed by atoms with E-state index in [1.807, 2.05) is 0 Å². The Morgan fingerprint density at radius 1 is 0.860 bits per heavy atom. The van der Waals surface area contributed by atoms with Gasteiger partial charge in [0.2, 0.25) is 5.91 Å². The summed E-state index contributed by atoms with van der Waals surface area (Å²) in [6, 6.07) is 8.81. The fourth-order valence-electron chi connectivity index (χ4n) is 14.9. The second-order valence-electron chi connectivity index (χ2n) is 22.2. The van der Waals surface area contributed by atoms with Crippen LogP contribution < -0.4 is 10.2 Å². The van der Waals surface area contributed by atoms with Crippen molar-refractivity contribution >= 4 is 23.5 Å². The number of fused-ring (bicyclic) bond motifs is 7. The number of aliphatic carboxylic acids is 1. The van der Waals surface area contributed by atoms with Gasteiger partial charge in [0.1, 0.15) is 6.10 Å². The molecule has 0 unspecified atom stereocenters. The van der Waals surface area contributed by atoms with E-state index in [1.54, 1.807) is 13.8 Å². The molecule has 1 aliphatic heterocycles. The third kappa shape index (κ3) is 7.18. The van der Waals surface area contributed by atoms with E-state index in [9.17, 15) is 19.5 Å². The molecule has 0 radical (unpaired) electrons. The maximum atomic E-state index is 14.0. The number of rotatable bonds is 10. The summed E-state index contributed by atoms with van der Waals surface area (Å²) in [5.41, 5.74) is 2.89. The van der Waals surface area contributed by atoms with E-state index < -0.39 is 17.4 Å². The number of allylic oxidation sites excluding steroid dienone is 1. The number of carbonyl (C=O) groups is 3. The van der Waals surface area contributed by atoms with Crippen LogP contribution in [0.2, 0.25) is 0 Å². The van der Waals surface area contributed by atoms with Crippen molar-refractivity contribution in [2.24, 2.45) is 62.1 Å². The van der Waals surface area contributed by atoms with Gasteiger partial charge in [-0.15, -0.1) is 0 Å². The van der Waals surface area contributed by atoms with Gasteiger partial charge in [-0.1, -0.05) is 58.9 Å². The SMILES string of the molecule is C=C(C)[C@@H]1CC[C@]2(CC(=O)NCc3ccc(N4CCN(C)CC4)cc3)CC[C@]3(C)[C@H](CC[C@@H]4[C@@]5(C)CC[C@H](OC(=O)CC(C)(C)C(=O)O)C(C)(C)[C@@H]5CC[C@]43C)[C@@H]12. The fourth-order valence-corrected chi connectivity index (χ4v) is 14.9. The summed E-state index contributed by atoms with van der Waals surface area (Å²) < 4.78 is 6.20. The summed E-state index contributed by atoms with van der Waals surface area (Å²) in [6.45, 7) is 27.4. The van der Waals surface area contributed by atoms with E-state index >= 15 is 0 Å². The zero-order chi connectivity index (χ0) is 41.3. The number of ether oxygens (including phenoxy) is 1. The molecular formula is C49H75N3O5. The van der Waals surface area contributed by atoms with Crippen LogP contribution in [0.4, 0.5) is 5.69 Å². The summed E-state index contributed by atoms with van der Waals surface area (Å²) in [6.07, 6.45) is 11.4. The number of nitrogens with zero attached hydrogens (tertiary/aromatic N) is 2. The van der Waals surface area contributed by atoms with Crippen molar-refractivity contribution in [3.05, 3.63) is 42.0 Å². The molecule has 6 fully saturated rings. The molecule has 1 heterocycles. The van der Waals surface area contributed by atoms with E-state index in [2.05, 4.69) is 94.6 Å². The highest BCUT2D eigenvalue weighted by molar-refractivity contribution is 5.81. The molecule has 1 aromatic carbocycles. The molecule has 8 nitrogen and oxygen atoms in total.